The minimum atomic E-state index is -0.820. The van der Waals surface area contributed by atoms with Crippen LogP contribution in [0.15, 0.2) is 36.7 Å². The lowest BCUT2D eigenvalue weighted by Crippen LogP contribution is -2.08. The van der Waals surface area contributed by atoms with Gasteiger partial charge in [-0.05, 0) is 37.1 Å². The molecule has 0 saturated carbocycles. The van der Waals surface area contributed by atoms with Gasteiger partial charge in [0.15, 0.2) is 11.6 Å². The second kappa shape index (κ2) is 15.5. The molecule has 1 aromatic carbocycles. The first kappa shape index (κ1) is 26.0. The summed E-state index contributed by atoms with van der Waals surface area (Å²) in [4.78, 5) is 8.68. The molecule has 0 aliphatic carbocycles. The second-order valence-corrected chi connectivity index (χ2v) is 8.23. The molecule has 1 aromatic heterocycles. The smallest absolute Gasteiger partial charge is 0.159 e. The third-order valence-electron chi connectivity index (χ3n) is 5.38. The van der Waals surface area contributed by atoms with Gasteiger partial charge in [0.1, 0.15) is 18.1 Å². The van der Waals surface area contributed by atoms with E-state index in [9.17, 15) is 8.78 Å². The number of hydrogen-bond acceptors (Lipinski definition) is 4. The van der Waals surface area contributed by atoms with E-state index in [4.69, 9.17) is 9.47 Å². The fourth-order valence-corrected chi connectivity index (χ4v) is 3.36. The van der Waals surface area contributed by atoms with Crippen molar-refractivity contribution in [1.82, 2.24) is 9.97 Å². The molecule has 2 aromatic rings. The fourth-order valence-electron chi connectivity index (χ4n) is 3.36. The van der Waals surface area contributed by atoms with E-state index in [0.29, 0.717) is 56.2 Å². The van der Waals surface area contributed by atoms with Gasteiger partial charge >= 0.3 is 0 Å². The summed E-state index contributed by atoms with van der Waals surface area (Å²) in [5.74, 6) is 1.81. The van der Waals surface area contributed by atoms with Crippen molar-refractivity contribution in [3.8, 4) is 22.9 Å². The van der Waals surface area contributed by atoms with Crippen molar-refractivity contribution in [2.45, 2.75) is 90.4 Å². The monoisotopic (exact) mass is 448 g/mol. The molecule has 1 heterocycles. The lowest BCUT2D eigenvalue weighted by atomic mass is 10.1. The molecule has 0 spiro atoms. The summed E-state index contributed by atoms with van der Waals surface area (Å²) in [5.41, 5.74) is 0.853. The van der Waals surface area contributed by atoms with Gasteiger partial charge in [-0.15, -0.1) is 0 Å². The standard InChI is InChI=1S/C26H38F2N2O2/c1-3-5-7-8-10-23(28)16-18-32-25-19-29-26(30-20-25)21-11-13-24(14-12-21)31-17-15-22(27)9-6-4-2/h11-14,19-20,22-23H,3-10,15-18H2,1-2H3/t22-,23-/m0/s1. The van der Waals surface area contributed by atoms with Gasteiger partial charge in [0.2, 0.25) is 0 Å². The van der Waals surface area contributed by atoms with Gasteiger partial charge < -0.3 is 9.47 Å². The van der Waals surface area contributed by atoms with Crippen LogP contribution in [-0.4, -0.2) is 35.5 Å². The van der Waals surface area contributed by atoms with E-state index >= 15 is 0 Å². The Morgan fingerprint density at radius 2 is 1.25 bits per heavy atom. The number of aromatic nitrogens is 2. The highest BCUT2D eigenvalue weighted by atomic mass is 19.1. The van der Waals surface area contributed by atoms with Gasteiger partial charge in [-0.25, -0.2) is 18.7 Å². The molecule has 0 unspecified atom stereocenters. The Bertz CT molecular complexity index is 726. The summed E-state index contributed by atoms with van der Waals surface area (Å²) in [5, 5.41) is 0. The molecule has 32 heavy (non-hydrogen) atoms. The molecule has 4 nitrogen and oxygen atoms in total. The number of halogens is 2. The molecule has 2 atom stereocenters. The summed E-state index contributed by atoms with van der Waals surface area (Å²) in [6.45, 7) is 4.90. The Labute approximate surface area is 191 Å². The number of alkyl halides is 2. The average Bonchev–Trinajstić information content (AvgIpc) is 2.81. The third-order valence-corrected chi connectivity index (χ3v) is 5.38. The first-order valence-electron chi connectivity index (χ1n) is 12.1. The first-order chi connectivity index (χ1) is 15.6. The van der Waals surface area contributed by atoms with Crippen LogP contribution in [0.1, 0.15) is 78.1 Å². The maximum absolute atomic E-state index is 13.9. The van der Waals surface area contributed by atoms with Crippen LogP contribution in [0.4, 0.5) is 8.78 Å². The van der Waals surface area contributed by atoms with Crippen molar-refractivity contribution in [1.29, 1.82) is 0 Å². The minimum Gasteiger partial charge on any atom is -0.493 e. The van der Waals surface area contributed by atoms with Crippen molar-refractivity contribution < 1.29 is 18.3 Å². The van der Waals surface area contributed by atoms with E-state index in [0.717, 1.165) is 37.7 Å². The Morgan fingerprint density at radius 1 is 0.688 bits per heavy atom. The fraction of sp³-hybridized carbons (Fsp3) is 0.615. The van der Waals surface area contributed by atoms with Gasteiger partial charge in [-0.3, -0.25) is 0 Å². The molecular formula is C26H38F2N2O2. The van der Waals surface area contributed by atoms with E-state index in [1.54, 1.807) is 12.4 Å². The summed E-state index contributed by atoms with van der Waals surface area (Å²) in [7, 11) is 0. The van der Waals surface area contributed by atoms with Crippen LogP contribution >= 0.6 is 0 Å². The molecule has 0 bridgehead atoms. The second-order valence-electron chi connectivity index (χ2n) is 8.23. The lowest BCUT2D eigenvalue weighted by Gasteiger charge is -2.10. The van der Waals surface area contributed by atoms with Crippen LogP contribution in [-0.2, 0) is 0 Å². The quantitative estimate of drug-likeness (QED) is 0.235. The third kappa shape index (κ3) is 10.4. The Balaban J connectivity index is 1.70. The zero-order chi connectivity index (χ0) is 23.0. The molecule has 0 aliphatic rings. The number of unbranched alkanes of at least 4 members (excludes halogenated alkanes) is 4. The zero-order valence-corrected chi connectivity index (χ0v) is 19.6. The van der Waals surface area contributed by atoms with Crippen molar-refractivity contribution in [2.75, 3.05) is 13.2 Å². The van der Waals surface area contributed by atoms with Gasteiger partial charge in [-0.1, -0.05) is 52.4 Å². The summed E-state index contributed by atoms with van der Waals surface area (Å²) in [6, 6.07) is 7.43. The van der Waals surface area contributed by atoms with Crippen molar-refractivity contribution >= 4 is 0 Å². The minimum absolute atomic E-state index is 0.321. The highest BCUT2D eigenvalue weighted by molar-refractivity contribution is 5.56. The van der Waals surface area contributed by atoms with Gasteiger partial charge in [0, 0.05) is 18.4 Å². The molecule has 0 amide bonds. The van der Waals surface area contributed by atoms with Crippen LogP contribution < -0.4 is 9.47 Å². The highest BCUT2D eigenvalue weighted by Crippen LogP contribution is 2.21. The lowest BCUT2D eigenvalue weighted by molar-refractivity contribution is 0.221. The van der Waals surface area contributed by atoms with E-state index in [-0.39, 0.29) is 0 Å². The van der Waals surface area contributed by atoms with Gasteiger partial charge in [0.25, 0.3) is 0 Å². The average molecular weight is 449 g/mol. The van der Waals surface area contributed by atoms with E-state index in [2.05, 4.69) is 23.8 Å². The van der Waals surface area contributed by atoms with Crippen LogP contribution in [0.3, 0.4) is 0 Å². The number of ether oxygens (including phenoxy) is 2. The number of benzene rings is 1. The van der Waals surface area contributed by atoms with Crippen molar-refractivity contribution in [3.05, 3.63) is 36.7 Å². The summed E-state index contributed by atoms with van der Waals surface area (Å²) in [6.07, 6.45) is 9.88. The maximum Gasteiger partial charge on any atom is 0.159 e. The van der Waals surface area contributed by atoms with E-state index in [1.165, 1.54) is 6.42 Å². The maximum atomic E-state index is 13.9. The number of nitrogens with zero attached hydrogens (tertiary/aromatic N) is 2. The summed E-state index contributed by atoms with van der Waals surface area (Å²) >= 11 is 0. The van der Waals surface area contributed by atoms with Crippen molar-refractivity contribution in [2.24, 2.45) is 0 Å². The Kier molecular flexibility index (Phi) is 12.6. The molecular weight excluding hydrogens is 410 g/mol. The van der Waals surface area contributed by atoms with Gasteiger partial charge in [0.05, 0.1) is 25.6 Å². The Morgan fingerprint density at radius 3 is 1.84 bits per heavy atom. The van der Waals surface area contributed by atoms with Crippen LogP contribution in [0.2, 0.25) is 0 Å². The van der Waals surface area contributed by atoms with Crippen LogP contribution in [0.25, 0.3) is 11.4 Å². The molecule has 0 aliphatic heterocycles. The molecule has 2 rings (SSSR count). The highest BCUT2D eigenvalue weighted by Gasteiger charge is 2.09. The molecule has 0 fully saturated rings. The first-order valence-corrected chi connectivity index (χ1v) is 12.1. The molecule has 178 valence electrons. The van der Waals surface area contributed by atoms with Crippen LogP contribution in [0.5, 0.6) is 11.5 Å². The van der Waals surface area contributed by atoms with Crippen molar-refractivity contribution in [3.63, 3.8) is 0 Å². The van der Waals surface area contributed by atoms with E-state index in [1.807, 2.05) is 24.3 Å². The molecule has 6 heteroatoms. The topological polar surface area (TPSA) is 44.2 Å². The molecule has 0 saturated heterocycles. The number of hydrogen-bond donors (Lipinski definition) is 0. The summed E-state index contributed by atoms with van der Waals surface area (Å²) < 4.78 is 38.8. The predicted molar refractivity (Wildman–Crippen MR) is 126 cm³/mol. The zero-order valence-electron chi connectivity index (χ0n) is 19.6. The number of rotatable bonds is 17. The van der Waals surface area contributed by atoms with Gasteiger partial charge in [-0.2, -0.15) is 0 Å². The largest absolute Gasteiger partial charge is 0.493 e. The predicted octanol–water partition coefficient (Wildman–Crippen LogP) is 7.52. The normalized spacial score (nSPS) is 13.0. The van der Waals surface area contributed by atoms with Crippen LogP contribution in [0, 0.1) is 0 Å². The Hall–Kier alpha value is -2.24. The molecule has 0 radical (unpaired) electrons. The van der Waals surface area contributed by atoms with E-state index < -0.39 is 12.3 Å². The SMILES string of the molecule is CCCCCC[C@H](F)CCOc1cnc(-c2ccc(OCC[C@@H](F)CCCC)cc2)nc1. The molecule has 0 N–H and O–H groups in total.